The summed E-state index contributed by atoms with van der Waals surface area (Å²) < 4.78 is 14.5. The number of benzene rings is 1. The molecule has 0 unspecified atom stereocenters. The number of rotatable bonds is 8. The van der Waals surface area contributed by atoms with Crippen LogP contribution in [0.5, 0.6) is 0 Å². The molecule has 0 bridgehead atoms. The lowest BCUT2D eigenvalue weighted by Crippen LogP contribution is -2.10. The number of imidazole rings is 1. The Kier molecular flexibility index (Phi) is 9.01. The number of aldehydes is 1. The molecule has 0 saturated carbocycles. The van der Waals surface area contributed by atoms with Gasteiger partial charge in [0.1, 0.15) is 18.0 Å². The molecule has 30 heavy (non-hydrogen) atoms. The van der Waals surface area contributed by atoms with E-state index >= 15 is 0 Å². The zero-order valence-electron chi connectivity index (χ0n) is 16.8. The van der Waals surface area contributed by atoms with Crippen molar-refractivity contribution in [3.8, 4) is 5.82 Å². The maximum Gasteiger partial charge on any atom is 0.152 e. The first-order chi connectivity index (χ1) is 14.6. The fraction of sp³-hybridized carbons (Fsp3) is 0.190. The van der Waals surface area contributed by atoms with Crippen molar-refractivity contribution in [2.75, 3.05) is 19.0 Å². The van der Waals surface area contributed by atoms with Gasteiger partial charge in [-0.25, -0.2) is 14.4 Å². The number of likely N-dealkylation sites (N-methyl/N-ethyl adjacent to an activating group) is 1. The smallest absolute Gasteiger partial charge is 0.152 e. The number of nitrogens with zero attached hydrogens (tertiary/aromatic N) is 4. The average molecular weight is 409 g/mol. The van der Waals surface area contributed by atoms with E-state index in [2.05, 4.69) is 25.8 Å². The normalized spacial score (nSPS) is 10.4. The number of aryl methyl sites for hydroxylation is 1. The van der Waals surface area contributed by atoms with Crippen molar-refractivity contribution >= 4 is 24.4 Å². The van der Waals surface area contributed by atoms with Gasteiger partial charge in [-0.15, -0.1) is 0 Å². The zero-order valence-corrected chi connectivity index (χ0v) is 16.8. The number of hydrazone groups is 1. The molecule has 2 heterocycles. The standard InChI is InChI=1S/C11H13FN4.C10H11N3O/c1-13-5-4-10-7-16(8-15-10)11-3-2-9(12)6-14-11;1-8-2-3-10(9(6-8)7-14)13-12-5-4-11/h2-3,6-8,13H,4-5H2,1H3;2-7,11,13H,1H3/b;11-4?,12-5-. The summed E-state index contributed by atoms with van der Waals surface area (Å²) in [4.78, 5) is 18.9. The van der Waals surface area contributed by atoms with Crippen molar-refractivity contribution in [2.24, 2.45) is 5.10 Å². The predicted molar refractivity (Wildman–Crippen MR) is 116 cm³/mol. The maximum absolute atomic E-state index is 12.7. The van der Waals surface area contributed by atoms with E-state index in [1.54, 1.807) is 29.1 Å². The molecule has 156 valence electrons. The SMILES string of the molecule is CNCCc1cn(-c2ccc(F)cn2)cn1.Cc1ccc(N/N=C\C=N)c(C=O)c1. The summed E-state index contributed by atoms with van der Waals surface area (Å²) in [6.07, 6.45) is 8.78. The van der Waals surface area contributed by atoms with Crippen LogP contribution in [0.1, 0.15) is 21.6 Å². The van der Waals surface area contributed by atoms with Crippen molar-refractivity contribution in [1.29, 1.82) is 5.41 Å². The van der Waals surface area contributed by atoms with Gasteiger partial charge in [0.15, 0.2) is 6.29 Å². The minimum absolute atomic E-state index is 0.334. The molecule has 0 saturated heterocycles. The molecule has 0 aliphatic carbocycles. The minimum atomic E-state index is -0.334. The quantitative estimate of drug-likeness (QED) is 0.301. The Morgan fingerprint density at radius 1 is 1.27 bits per heavy atom. The van der Waals surface area contributed by atoms with Gasteiger partial charge < -0.3 is 10.7 Å². The molecule has 0 amide bonds. The van der Waals surface area contributed by atoms with Crippen LogP contribution in [0.2, 0.25) is 0 Å². The molecule has 0 aliphatic heterocycles. The highest BCUT2D eigenvalue weighted by atomic mass is 19.1. The summed E-state index contributed by atoms with van der Waals surface area (Å²) in [6.45, 7) is 2.80. The second kappa shape index (κ2) is 12.0. The van der Waals surface area contributed by atoms with E-state index in [9.17, 15) is 9.18 Å². The Morgan fingerprint density at radius 2 is 2.10 bits per heavy atom. The molecule has 0 fully saturated rings. The second-order valence-corrected chi connectivity index (χ2v) is 6.23. The van der Waals surface area contributed by atoms with E-state index < -0.39 is 0 Å². The number of pyridine rings is 1. The summed E-state index contributed by atoms with van der Waals surface area (Å²) in [6, 6.07) is 8.44. The van der Waals surface area contributed by atoms with Gasteiger partial charge in [-0.3, -0.25) is 14.8 Å². The van der Waals surface area contributed by atoms with Gasteiger partial charge in [0, 0.05) is 30.9 Å². The molecule has 3 rings (SSSR count). The highest BCUT2D eigenvalue weighted by Crippen LogP contribution is 2.15. The summed E-state index contributed by atoms with van der Waals surface area (Å²) in [7, 11) is 1.90. The maximum atomic E-state index is 12.7. The topological polar surface area (TPSA) is 108 Å². The van der Waals surface area contributed by atoms with E-state index in [4.69, 9.17) is 5.41 Å². The molecule has 1 aromatic carbocycles. The van der Waals surface area contributed by atoms with Crippen molar-refractivity contribution in [1.82, 2.24) is 19.9 Å². The van der Waals surface area contributed by atoms with Crippen LogP contribution in [0, 0.1) is 18.2 Å². The number of anilines is 1. The van der Waals surface area contributed by atoms with Crippen LogP contribution in [0.3, 0.4) is 0 Å². The first-order valence-electron chi connectivity index (χ1n) is 9.20. The molecule has 9 heteroatoms. The molecular weight excluding hydrogens is 385 g/mol. The van der Waals surface area contributed by atoms with Crippen molar-refractivity contribution in [3.63, 3.8) is 0 Å². The Hall–Kier alpha value is -3.72. The summed E-state index contributed by atoms with van der Waals surface area (Å²) in [5.74, 6) is 0.337. The molecule has 0 atom stereocenters. The predicted octanol–water partition coefficient (Wildman–Crippen LogP) is 3.02. The number of carbonyl (C=O) groups excluding carboxylic acids is 1. The number of carbonyl (C=O) groups is 1. The summed E-state index contributed by atoms with van der Waals surface area (Å²) in [5.41, 5.74) is 5.89. The van der Waals surface area contributed by atoms with E-state index in [1.807, 2.05) is 26.2 Å². The van der Waals surface area contributed by atoms with E-state index in [0.717, 1.165) is 36.7 Å². The van der Waals surface area contributed by atoms with Crippen LogP contribution in [0.15, 0.2) is 54.2 Å². The van der Waals surface area contributed by atoms with E-state index in [-0.39, 0.29) is 5.82 Å². The fourth-order valence-corrected chi connectivity index (χ4v) is 2.42. The number of halogens is 1. The van der Waals surface area contributed by atoms with Crippen LogP contribution in [0.4, 0.5) is 10.1 Å². The van der Waals surface area contributed by atoms with Crippen molar-refractivity contribution in [3.05, 3.63) is 71.7 Å². The molecule has 0 aliphatic rings. The lowest BCUT2D eigenvalue weighted by molar-refractivity contribution is 0.112. The largest absolute Gasteiger partial charge is 0.319 e. The van der Waals surface area contributed by atoms with Gasteiger partial charge in [-0.05, 0) is 38.2 Å². The molecule has 2 aromatic heterocycles. The lowest BCUT2D eigenvalue weighted by Gasteiger charge is -2.03. The van der Waals surface area contributed by atoms with Gasteiger partial charge in [0.05, 0.1) is 23.8 Å². The third kappa shape index (κ3) is 7.02. The van der Waals surface area contributed by atoms with Gasteiger partial charge in [-0.2, -0.15) is 5.10 Å². The Bertz CT molecular complexity index is 983. The molecule has 3 N–H and O–H groups in total. The minimum Gasteiger partial charge on any atom is -0.319 e. The number of hydrogen-bond donors (Lipinski definition) is 3. The Morgan fingerprint density at radius 3 is 2.77 bits per heavy atom. The van der Waals surface area contributed by atoms with E-state index in [1.165, 1.54) is 18.5 Å². The third-order valence-corrected chi connectivity index (χ3v) is 3.91. The van der Waals surface area contributed by atoms with Gasteiger partial charge in [-0.1, -0.05) is 11.6 Å². The highest BCUT2D eigenvalue weighted by molar-refractivity contribution is 6.14. The first kappa shape index (κ1) is 22.6. The second-order valence-electron chi connectivity index (χ2n) is 6.23. The number of aromatic nitrogens is 3. The van der Waals surface area contributed by atoms with Crippen LogP contribution in [0.25, 0.3) is 5.82 Å². The molecular formula is C21H24FN7O. The van der Waals surface area contributed by atoms with E-state index in [0.29, 0.717) is 17.1 Å². The third-order valence-electron chi connectivity index (χ3n) is 3.91. The first-order valence-corrected chi connectivity index (χ1v) is 9.20. The van der Waals surface area contributed by atoms with Crippen molar-refractivity contribution < 1.29 is 9.18 Å². The Labute approximate surface area is 174 Å². The van der Waals surface area contributed by atoms with Crippen LogP contribution in [-0.4, -0.2) is 46.8 Å². The van der Waals surface area contributed by atoms with Gasteiger partial charge in [0.25, 0.3) is 0 Å². The van der Waals surface area contributed by atoms with Gasteiger partial charge in [0.2, 0.25) is 0 Å². The monoisotopic (exact) mass is 409 g/mol. The van der Waals surface area contributed by atoms with Crippen molar-refractivity contribution in [2.45, 2.75) is 13.3 Å². The average Bonchev–Trinajstić information content (AvgIpc) is 3.23. The highest BCUT2D eigenvalue weighted by Gasteiger charge is 2.02. The number of hydrogen-bond acceptors (Lipinski definition) is 7. The summed E-state index contributed by atoms with van der Waals surface area (Å²) >= 11 is 0. The molecule has 3 aromatic rings. The lowest BCUT2D eigenvalue weighted by atomic mass is 10.1. The molecule has 0 spiro atoms. The van der Waals surface area contributed by atoms with Crippen LogP contribution in [-0.2, 0) is 6.42 Å². The van der Waals surface area contributed by atoms with Crippen LogP contribution < -0.4 is 10.7 Å². The van der Waals surface area contributed by atoms with Gasteiger partial charge >= 0.3 is 0 Å². The van der Waals surface area contributed by atoms with Crippen LogP contribution >= 0.6 is 0 Å². The fourth-order valence-electron chi connectivity index (χ4n) is 2.42. The summed E-state index contributed by atoms with van der Waals surface area (Å²) in [5, 5.41) is 13.5. The zero-order chi connectivity index (χ0) is 21.8. The molecule has 0 radical (unpaired) electrons. The Balaban J connectivity index is 0.000000216. The number of nitrogens with one attached hydrogen (secondary N) is 3. The molecule has 8 nitrogen and oxygen atoms in total.